The number of nitrogens with one attached hydrogen (secondary N) is 1. The van der Waals surface area contributed by atoms with Gasteiger partial charge >= 0.3 is 0 Å². The van der Waals surface area contributed by atoms with Gasteiger partial charge in [0.05, 0.1) is 0 Å². The molecule has 1 fully saturated rings. The van der Waals surface area contributed by atoms with Gasteiger partial charge in [-0.25, -0.2) is 4.98 Å². The molecular formula is C16H27N5O. The van der Waals surface area contributed by atoms with Crippen molar-refractivity contribution < 1.29 is 4.79 Å². The zero-order valence-corrected chi connectivity index (χ0v) is 13.7. The summed E-state index contributed by atoms with van der Waals surface area (Å²) in [6.07, 6.45) is 2.41. The fourth-order valence-electron chi connectivity index (χ4n) is 2.51. The number of rotatable bonds is 7. The van der Waals surface area contributed by atoms with Crippen LogP contribution in [0.15, 0.2) is 24.4 Å². The van der Waals surface area contributed by atoms with Crippen molar-refractivity contribution in [2.24, 2.45) is 0 Å². The Morgan fingerprint density at radius 2 is 2.05 bits per heavy atom. The first-order valence-corrected chi connectivity index (χ1v) is 7.95. The lowest BCUT2D eigenvalue weighted by Crippen LogP contribution is -2.47. The number of aromatic nitrogens is 1. The van der Waals surface area contributed by atoms with E-state index in [0.717, 1.165) is 51.6 Å². The van der Waals surface area contributed by atoms with Crippen LogP contribution in [-0.4, -0.2) is 80.6 Å². The minimum Gasteiger partial charge on any atom is -0.355 e. The monoisotopic (exact) mass is 305 g/mol. The molecule has 1 aromatic heterocycles. The van der Waals surface area contributed by atoms with Gasteiger partial charge in [0.1, 0.15) is 5.82 Å². The van der Waals surface area contributed by atoms with Crippen LogP contribution < -0.4 is 10.2 Å². The van der Waals surface area contributed by atoms with Crippen LogP contribution in [0.4, 0.5) is 5.82 Å². The van der Waals surface area contributed by atoms with Crippen LogP contribution in [0.1, 0.15) is 6.42 Å². The molecule has 122 valence electrons. The second-order valence-electron chi connectivity index (χ2n) is 5.92. The summed E-state index contributed by atoms with van der Waals surface area (Å²) in [5, 5.41) is 2.96. The molecule has 1 aliphatic rings. The number of amides is 1. The molecule has 0 saturated carbocycles. The lowest BCUT2D eigenvalue weighted by Gasteiger charge is -2.35. The highest BCUT2D eigenvalue weighted by atomic mass is 16.1. The third-order valence-corrected chi connectivity index (χ3v) is 3.88. The molecule has 22 heavy (non-hydrogen) atoms. The van der Waals surface area contributed by atoms with E-state index in [4.69, 9.17) is 0 Å². The molecule has 1 aliphatic heterocycles. The molecule has 0 spiro atoms. The zero-order chi connectivity index (χ0) is 15.8. The molecule has 0 unspecified atom stereocenters. The molecule has 6 heteroatoms. The molecule has 0 atom stereocenters. The molecule has 0 aromatic carbocycles. The minimum atomic E-state index is 0.147. The Bertz CT molecular complexity index is 443. The Morgan fingerprint density at radius 1 is 1.27 bits per heavy atom. The number of anilines is 1. The number of carbonyl (C=O) groups is 1. The average molecular weight is 305 g/mol. The van der Waals surface area contributed by atoms with E-state index in [2.05, 4.69) is 25.0 Å². The highest BCUT2D eigenvalue weighted by Crippen LogP contribution is 2.12. The second kappa shape index (κ2) is 8.70. The van der Waals surface area contributed by atoms with Gasteiger partial charge in [0.2, 0.25) is 5.91 Å². The summed E-state index contributed by atoms with van der Waals surface area (Å²) in [6.45, 7) is 6.36. The summed E-state index contributed by atoms with van der Waals surface area (Å²) in [7, 11) is 4.01. The molecule has 1 aromatic rings. The van der Waals surface area contributed by atoms with Gasteiger partial charge in [0.15, 0.2) is 0 Å². The zero-order valence-electron chi connectivity index (χ0n) is 13.7. The number of hydrogen-bond donors (Lipinski definition) is 1. The van der Waals surface area contributed by atoms with Crippen LogP contribution in [0.3, 0.4) is 0 Å². The predicted octanol–water partition coefficient (Wildman–Crippen LogP) is 0.272. The third kappa shape index (κ3) is 5.61. The Morgan fingerprint density at radius 3 is 2.68 bits per heavy atom. The molecule has 1 saturated heterocycles. The lowest BCUT2D eigenvalue weighted by molar-refractivity contribution is -0.121. The van der Waals surface area contributed by atoms with Crippen molar-refractivity contribution in [2.75, 3.05) is 64.8 Å². The number of nitrogens with zero attached hydrogens (tertiary/aromatic N) is 4. The van der Waals surface area contributed by atoms with Crippen molar-refractivity contribution >= 4 is 11.7 Å². The number of piperazine rings is 1. The van der Waals surface area contributed by atoms with Crippen molar-refractivity contribution in [2.45, 2.75) is 6.42 Å². The first-order valence-electron chi connectivity index (χ1n) is 7.95. The van der Waals surface area contributed by atoms with Gasteiger partial charge in [-0.05, 0) is 26.2 Å². The predicted molar refractivity (Wildman–Crippen MR) is 89.1 cm³/mol. The number of hydrogen-bond acceptors (Lipinski definition) is 5. The van der Waals surface area contributed by atoms with E-state index in [1.807, 2.05) is 38.5 Å². The van der Waals surface area contributed by atoms with Crippen molar-refractivity contribution in [3.05, 3.63) is 24.4 Å². The van der Waals surface area contributed by atoms with E-state index in [-0.39, 0.29) is 5.91 Å². The largest absolute Gasteiger partial charge is 0.355 e. The van der Waals surface area contributed by atoms with Crippen molar-refractivity contribution in [1.82, 2.24) is 20.1 Å². The molecule has 2 rings (SSSR count). The molecule has 0 radical (unpaired) electrons. The Labute approximate surface area is 133 Å². The maximum Gasteiger partial charge on any atom is 0.221 e. The smallest absolute Gasteiger partial charge is 0.221 e. The van der Waals surface area contributed by atoms with E-state index < -0.39 is 0 Å². The van der Waals surface area contributed by atoms with Gasteiger partial charge in [-0.2, -0.15) is 0 Å². The van der Waals surface area contributed by atoms with Crippen molar-refractivity contribution in [1.29, 1.82) is 0 Å². The maximum atomic E-state index is 11.8. The molecule has 0 bridgehead atoms. The summed E-state index contributed by atoms with van der Waals surface area (Å²) in [5.41, 5.74) is 0. The van der Waals surface area contributed by atoms with Crippen LogP contribution in [0.5, 0.6) is 0 Å². The summed E-state index contributed by atoms with van der Waals surface area (Å²) < 4.78 is 0. The fraction of sp³-hybridized carbons (Fsp3) is 0.625. The topological polar surface area (TPSA) is 51.7 Å². The summed E-state index contributed by atoms with van der Waals surface area (Å²) in [5.74, 6) is 1.19. The van der Waals surface area contributed by atoms with Gasteiger partial charge in [0, 0.05) is 58.4 Å². The number of carbonyl (C=O) groups excluding carboxylic acids is 1. The summed E-state index contributed by atoms with van der Waals surface area (Å²) in [6, 6.07) is 6.01. The minimum absolute atomic E-state index is 0.147. The van der Waals surface area contributed by atoms with Gasteiger partial charge in [0.25, 0.3) is 0 Å². The van der Waals surface area contributed by atoms with E-state index in [1.165, 1.54) is 0 Å². The highest BCUT2D eigenvalue weighted by molar-refractivity contribution is 5.76. The van der Waals surface area contributed by atoms with Crippen LogP contribution in [0, 0.1) is 0 Å². The molecular weight excluding hydrogens is 278 g/mol. The van der Waals surface area contributed by atoms with Gasteiger partial charge in [-0.3, -0.25) is 9.69 Å². The SMILES string of the molecule is CN(C)CCNC(=O)CCN1CCN(c2ccccn2)CC1. The van der Waals surface area contributed by atoms with Crippen LogP contribution in [-0.2, 0) is 4.79 Å². The highest BCUT2D eigenvalue weighted by Gasteiger charge is 2.18. The van der Waals surface area contributed by atoms with Crippen LogP contribution in [0.2, 0.25) is 0 Å². The Kier molecular flexibility index (Phi) is 6.61. The standard InChI is InChI=1S/C16H27N5O/c1-19(2)10-8-18-16(22)6-9-20-11-13-21(14-12-20)15-5-3-4-7-17-15/h3-5,7H,6,8-14H2,1-2H3,(H,18,22). The van der Waals surface area contributed by atoms with Crippen LogP contribution in [0.25, 0.3) is 0 Å². The van der Waals surface area contributed by atoms with Crippen molar-refractivity contribution in [3.63, 3.8) is 0 Å². The second-order valence-corrected chi connectivity index (χ2v) is 5.92. The normalized spacial score (nSPS) is 16.0. The van der Waals surface area contributed by atoms with Gasteiger partial charge < -0.3 is 15.1 Å². The Hall–Kier alpha value is -1.66. The maximum absolute atomic E-state index is 11.8. The molecule has 0 aliphatic carbocycles. The van der Waals surface area contributed by atoms with Crippen LogP contribution >= 0.6 is 0 Å². The lowest BCUT2D eigenvalue weighted by atomic mass is 10.2. The van der Waals surface area contributed by atoms with E-state index in [0.29, 0.717) is 6.42 Å². The molecule has 2 heterocycles. The van der Waals surface area contributed by atoms with Crippen molar-refractivity contribution in [3.8, 4) is 0 Å². The van der Waals surface area contributed by atoms with Gasteiger partial charge in [-0.1, -0.05) is 6.07 Å². The molecule has 1 N–H and O–H groups in total. The summed E-state index contributed by atoms with van der Waals surface area (Å²) in [4.78, 5) is 22.9. The molecule has 6 nitrogen and oxygen atoms in total. The first kappa shape index (κ1) is 16.7. The summed E-state index contributed by atoms with van der Waals surface area (Å²) >= 11 is 0. The third-order valence-electron chi connectivity index (χ3n) is 3.88. The molecule has 1 amide bonds. The number of likely N-dealkylation sites (N-methyl/N-ethyl adjacent to an activating group) is 1. The van der Waals surface area contributed by atoms with E-state index in [9.17, 15) is 4.79 Å². The van der Waals surface area contributed by atoms with E-state index in [1.54, 1.807) is 0 Å². The van der Waals surface area contributed by atoms with Gasteiger partial charge in [-0.15, -0.1) is 0 Å². The quantitative estimate of drug-likeness (QED) is 0.784. The Balaban J connectivity index is 1.62. The fourth-order valence-corrected chi connectivity index (χ4v) is 2.51. The number of pyridine rings is 1. The first-order chi connectivity index (χ1) is 10.6. The van der Waals surface area contributed by atoms with E-state index >= 15 is 0 Å². The average Bonchev–Trinajstić information content (AvgIpc) is 2.54.